The Labute approximate surface area is 85.4 Å². The SMILES string of the molecule is CC(=O)OC(OC(C)=O)c1cccs1. The molecule has 1 aromatic heterocycles. The van der Waals surface area contributed by atoms with Crippen LogP contribution in [-0.4, -0.2) is 11.9 Å². The number of carbonyl (C=O) groups is 2. The average molecular weight is 214 g/mol. The van der Waals surface area contributed by atoms with E-state index in [0.29, 0.717) is 4.88 Å². The summed E-state index contributed by atoms with van der Waals surface area (Å²) >= 11 is 1.36. The zero-order valence-electron chi connectivity index (χ0n) is 7.85. The summed E-state index contributed by atoms with van der Waals surface area (Å²) in [6.07, 6.45) is -0.912. The van der Waals surface area contributed by atoms with E-state index in [2.05, 4.69) is 0 Å². The number of esters is 2. The highest BCUT2D eigenvalue weighted by Crippen LogP contribution is 2.23. The summed E-state index contributed by atoms with van der Waals surface area (Å²) in [5.74, 6) is -0.964. The quantitative estimate of drug-likeness (QED) is 0.569. The highest BCUT2D eigenvalue weighted by Gasteiger charge is 2.18. The fourth-order valence-corrected chi connectivity index (χ4v) is 1.55. The van der Waals surface area contributed by atoms with Crippen molar-refractivity contribution in [2.24, 2.45) is 0 Å². The second-order valence-corrected chi connectivity index (χ2v) is 3.55. The van der Waals surface area contributed by atoms with Gasteiger partial charge >= 0.3 is 11.9 Å². The van der Waals surface area contributed by atoms with E-state index in [9.17, 15) is 9.59 Å². The van der Waals surface area contributed by atoms with E-state index in [1.807, 2.05) is 5.38 Å². The molecule has 0 radical (unpaired) electrons. The number of hydrogen-bond acceptors (Lipinski definition) is 5. The predicted octanol–water partition coefficient (Wildman–Crippen LogP) is 1.87. The smallest absolute Gasteiger partial charge is 0.306 e. The molecule has 14 heavy (non-hydrogen) atoms. The molecule has 0 aromatic carbocycles. The van der Waals surface area contributed by atoms with Crippen molar-refractivity contribution in [2.75, 3.05) is 0 Å². The van der Waals surface area contributed by atoms with Crippen molar-refractivity contribution >= 4 is 23.3 Å². The van der Waals surface area contributed by atoms with Gasteiger partial charge in [-0.15, -0.1) is 11.3 Å². The van der Waals surface area contributed by atoms with Crippen LogP contribution in [0.25, 0.3) is 0 Å². The van der Waals surface area contributed by atoms with Gasteiger partial charge in [0.25, 0.3) is 6.29 Å². The van der Waals surface area contributed by atoms with Crippen molar-refractivity contribution in [3.05, 3.63) is 22.4 Å². The molecule has 0 spiro atoms. The first-order valence-electron chi connectivity index (χ1n) is 3.97. The average Bonchev–Trinajstić information content (AvgIpc) is 2.52. The lowest BCUT2D eigenvalue weighted by Gasteiger charge is -2.14. The third-order valence-electron chi connectivity index (χ3n) is 1.32. The fraction of sp³-hybridized carbons (Fsp3) is 0.333. The molecule has 1 aromatic rings. The summed E-state index contributed by atoms with van der Waals surface area (Å²) in [6.45, 7) is 2.54. The first kappa shape index (κ1) is 10.7. The van der Waals surface area contributed by atoms with E-state index in [1.165, 1.54) is 25.2 Å². The maximum absolute atomic E-state index is 10.7. The van der Waals surface area contributed by atoms with Gasteiger partial charge in [0.05, 0.1) is 4.88 Å². The summed E-state index contributed by atoms with van der Waals surface area (Å²) in [5.41, 5.74) is 0. The van der Waals surface area contributed by atoms with Crippen LogP contribution in [0.2, 0.25) is 0 Å². The number of rotatable bonds is 3. The molecule has 4 nitrogen and oxygen atoms in total. The summed E-state index contributed by atoms with van der Waals surface area (Å²) in [7, 11) is 0. The van der Waals surface area contributed by atoms with E-state index in [4.69, 9.17) is 9.47 Å². The van der Waals surface area contributed by atoms with Gasteiger partial charge in [-0.2, -0.15) is 0 Å². The minimum absolute atomic E-state index is 0.482. The number of carbonyl (C=O) groups excluding carboxylic acids is 2. The van der Waals surface area contributed by atoms with Gasteiger partial charge in [0.15, 0.2) is 0 Å². The lowest BCUT2D eigenvalue weighted by atomic mass is 10.4. The molecule has 0 N–H and O–H groups in total. The zero-order chi connectivity index (χ0) is 10.6. The Balaban J connectivity index is 2.71. The lowest BCUT2D eigenvalue weighted by molar-refractivity contribution is -0.185. The molecule has 0 atom stereocenters. The van der Waals surface area contributed by atoms with E-state index in [1.54, 1.807) is 12.1 Å². The van der Waals surface area contributed by atoms with E-state index < -0.39 is 18.2 Å². The van der Waals surface area contributed by atoms with Gasteiger partial charge in [-0.25, -0.2) is 0 Å². The maximum atomic E-state index is 10.7. The predicted molar refractivity (Wildman–Crippen MR) is 50.6 cm³/mol. The Morgan fingerprint density at radius 3 is 2.21 bits per heavy atom. The molecule has 0 saturated carbocycles. The normalized spacial score (nSPS) is 9.93. The monoisotopic (exact) mass is 214 g/mol. The zero-order valence-corrected chi connectivity index (χ0v) is 8.67. The van der Waals surface area contributed by atoms with Crippen LogP contribution >= 0.6 is 11.3 Å². The molecule has 0 saturated heterocycles. The van der Waals surface area contributed by atoms with Gasteiger partial charge < -0.3 is 9.47 Å². The van der Waals surface area contributed by atoms with Crippen LogP contribution in [0.4, 0.5) is 0 Å². The first-order chi connectivity index (χ1) is 6.59. The lowest BCUT2D eigenvalue weighted by Crippen LogP contribution is -2.13. The van der Waals surface area contributed by atoms with Gasteiger partial charge in [-0.05, 0) is 11.4 Å². The number of ether oxygens (including phenoxy) is 2. The van der Waals surface area contributed by atoms with Gasteiger partial charge in [0, 0.05) is 13.8 Å². The molecule has 0 aliphatic carbocycles. The van der Waals surface area contributed by atoms with Crippen molar-refractivity contribution in [3.8, 4) is 0 Å². The summed E-state index contributed by atoms with van der Waals surface area (Å²) in [5, 5.41) is 1.81. The summed E-state index contributed by atoms with van der Waals surface area (Å²) in [6, 6.07) is 3.53. The van der Waals surface area contributed by atoms with Crippen molar-refractivity contribution in [3.63, 3.8) is 0 Å². The molecule has 0 aliphatic rings. The Hall–Kier alpha value is -1.36. The van der Waals surface area contributed by atoms with Gasteiger partial charge in [0.2, 0.25) is 0 Å². The minimum Gasteiger partial charge on any atom is -0.420 e. The van der Waals surface area contributed by atoms with Crippen molar-refractivity contribution < 1.29 is 19.1 Å². The molecular formula is C9H10O4S. The van der Waals surface area contributed by atoms with Gasteiger partial charge in [-0.1, -0.05) is 6.07 Å². The van der Waals surface area contributed by atoms with E-state index in [-0.39, 0.29) is 0 Å². The third kappa shape index (κ3) is 3.18. The summed E-state index contributed by atoms with van der Waals surface area (Å²) in [4.78, 5) is 22.1. The van der Waals surface area contributed by atoms with Crippen LogP contribution < -0.4 is 0 Å². The third-order valence-corrected chi connectivity index (χ3v) is 2.22. The molecule has 0 unspecified atom stereocenters. The van der Waals surface area contributed by atoms with Crippen LogP contribution in [0.1, 0.15) is 25.0 Å². The first-order valence-corrected chi connectivity index (χ1v) is 4.85. The topological polar surface area (TPSA) is 52.6 Å². The van der Waals surface area contributed by atoms with Crippen LogP contribution in [0.5, 0.6) is 0 Å². The Morgan fingerprint density at radius 1 is 1.29 bits per heavy atom. The second-order valence-electron chi connectivity index (χ2n) is 2.57. The van der Waals surface area contributed by atoms with Gasteiger partial charge in [0.1, 0.15) is 0 Å². The molecule has 0 aliphatic heterocycles. The Kier molecular flexibility index (Phi) is 3.64. The van der Waals surface area contributed by atoms with Crippen molar-refractivity contribution in [2.45, 2.75) is 20.1 Å². The molecule has 0 fully saturated rings. The Morgan fingerprint density at radius 2 is 1.86 bits per heavy atom. The van der Waals surface area contributed by atoms with Crippen LogP contribution in [-0.2, 0) is 19.1 Å². The fourth-order valence-electron chi connectivity index (χ4n) is 0.867. The van der Waals surface area contributed by atoms with E-state index in [0.717, 1.165) is 0 Å². The highest BCUT2D eigenvalue weighted by atomic mass is 32.1. The van der Waals surface area contributed by atoms with Crippen LogP contribution in [0.15, 0.2) is 17.5 Å². The number of hydrogen-bond donors (Lipinski definition) is 0. The standard InChI is InChI=1S/C9H10O4S/c1-6(10)12-9(13-7(2)11)8-4-3-5-14-8/h3-5,9H,1-2H3. The Bertz CT molecular complexity index is 302. The van der Waals surface area contributed by atoms with Gasteiger partial charge in [-0.3, -0.25) is 9.59 Å². The molecule has 5 heteroatoms. The largest absolute Gasteiger partial charge is 0.420 e. The second kappa shape index (κ2) is 4.76. The molecule has 0 bridgehead atoms. The minimum atomic E-state index is -0.912. The van der Waals surface area contributed by atoms with E-state index >= 15 is 0 Å². The highest BCUT2D eigenvalue weighted by molar-refractivity contribution is 7.10. The van der Waals surface area contributed by atoms with Crippen molar-refractivity contribution in [1.29, 1.82) is 0 Å². The maximum Gasteiger partial charge on any atom is 0.306 e. The molecular weight excluding hydrogens is 204 g/mol. The molecule has 1 rings (SSSR count). The van der Waals surface area contributed by atoms with Crippen LogP contribution in [0, 0.1) is 0 Å². The number of thiophene rings is 1. The van der Waals surface area contributed by atoms with Crippen molar-refractivity contribution in [1.82, 2.24) is 0 Å². The summed E-state index contributed by atoms with van der Waals surface area (Å²) < 4.78 is 9.67. The molecule has 0 amide bonds. The molecule has 76 valence electrons. The molecule has 1 heterocycles. The van der Waals surface area contributed by atoms with Crippen LogP contribution in [0.3, 0.4) is 0 Å².